The number of nitrogens with zero attached hydrogens (tertiary/aromatic N) is 1. The topological polar surface area (TPSA) is 49.4 Å². The molecule has 0 spiro atoms. The van der Waals surface area contributed by atoms with E-state index in [-0.39, 0.29) is 6.04 Å². The van der Waals surface area contributed by atoms with E-state index in [0.29, 0.717) is 18.9 Å². The van der Waals surface area contributed by atoms with E-state index in [2.05, 4.69) is 16.5 Å². The van der Waals surface area contributed by atoms with Gasteiger partial charge >= 0.3 is 0 Å². The van der Waals surface area contributed by atoms with E-state index in [9.17, 15) is 17.2 Å². The van der Waals surface area contributed by atoms with Gasteiger partial charge in [0.2, 0.25) is 10.0 Å². The molecule has 0 radical (unpaired) electrons. The van der Waals surface area contributed by atoms with Crippen LogP contribution in [-0.4, -0.2) is 39.0 Å². The Hall–Kier alpha value is -1.05. The number of likely N-dealkylation sites (tertiary alicyclic amines) is 1. The first kappa shape index (κ1) is 16.3. The Morgan fingerprint density at radius 2 is 1.95 bits per heavy atom. The molecule has 1 aromatic carbocycles. The van der Waals surface area contributed by atoms with Gasteiger partial charge in [0, 0.05) is 12.1 Å². The summed E-state index contributed by atoms with van der Waals surface area (Å²) in [6.45, 7) is 4.76. The van der Waals surface area contributed by atoms with Crippen molar-refractivity contribution < 1.29 is 17.2 Å². The minimum absolute atomic E-state index is 0.201. The Morgan fingerprint density at radius 3 is 2.52 bits per heavy atom. The maximum absolute atomic E-state index is 13.6. The van der Waals surface area contributed by atoms with Crippen LogP contribution in [-0.2, 0) is 10.0 Å². The van der Waals surface area contributed by atoms with Gasteiger partial charge in [-0.1, -0.05) is 6.92 Å². The van der Waals surface area contributed by atoms with E-state index >= 15 is 0 Å². The molecule has 21 heavy (non-hydrogen) atoms. The lowest BCUT2D eigenvalue weighted by Gasteiger charge is -2.31. The first-order valence-electron chi connectivity index (χ1n) is 7.12. The van der Waals surface area contributed by atoms with E-state index in [4.69, 9.17) is 0 Å². The maximum atomic E-state index is 13.6. The van der Waals surface area contributed by atoms with Gasteiger partial charge in [0.05, 0.1) is 0 Å². The van der Waals surface area contributed by atoms with Crippen molar-refractivity contribution in [2.75, 3.05) is 19.6 Å². The van der Waals surface area contributed by atoms with E-state index < -0.39 is 26.6 Å². The average Bonchev–Trinajstić information content (AvgIpc) is 2.40. The summed E-state index contributed by atoms with van der Waals surface area (Å²) in [6, 6.07) is 2.28. The van der Waals surface area contributed by atoms with Crippen molar-refractivity contribution in [2.45, 2.75) is 37.1 Å². The van der Waals surface area contributed by atoms with E-state index in [1.807, 2.05) is 0 Å². The molecule has 1 saturated heterocycles. The highest BCUT2D eigenvalue weighted by Gasteiger charge is 2.26. The lowest BCUT2D eigenvalue weighted by Crippen LogP contribution is -2.44. The monoisotopic (exact) mass is 318 g/mol. The first-order chi connectivity index (χ1) is 9.92. The number of nitrogens with one attached hydrogen (secondary N) is 1. The molecule has 1 aliphatic rings. The predicted molar refractivity (Wildman–Crippen MR) is 76.4 cm³/mol. The van der Waals surface area contributed by atoms with Crippen LogP contribution in [0, 0.1) is 11.6 Å². The zero-order chi connectivity index (χ0) is 15.5. The average molecular weight is 318 g/mol. The van der Waals surface area contributed by atoms with Gasteiger partial charge in [0.15, 0.2) is 0 Å². The summed E-state index contributed by atoms with van der Waals surface area (Å²) in [6.07, 6.45) is 2.46. The number of hydrogen-bond acceptors (Lipinski definition) is 3. The Bertz CT molecular complexity index is 585. The molecule has 1 aliphatic heterocycles. The molecule has 0 aromatic heterocycles. The lowest BCUT2D eigenvalue weighted by atomic mass is 10.1. The van der Waals surface area contributed by atoms with Gasteiger partial charge in [-0.2, -0.15) is 0 Å². The highest BCUT2D eigenvalue weighted by atomic mass is 32.2. The van der Waals surface area contributed by atoms with E-state index in [0.717, 1.165) is 38.2 Å². The highest BCUT2D eigenvalue weighted by molar-refractivity contribution is 7.89. The van der Waals surface area contributed by atoms with Crippen molar-refractivity contribution in [3.63, 3.8) is 0 Å². The summed E-state index contributed by atoms with van der Waals surface area (Å²) in [4.78, 5) is 1.78. The molecule has 0 amide bonds. The predicted octanol–water partition coefficient (Wildman–Crippen LogP) is 2.12. The molecule has 1 heterocycles. The van der Waals surface area contributed by atoms with Crippen LogP contribution in [0.4, 0.5) is 8.78 Å². The fourth-order valence-electron chi connectivity index (χ4n) is 2.57. The van der Waals surface area contributed by atoms with Gasteiger partial charge in [-0.3, -0.25) is 0 Å². The number of hydrogen-bond donors (Lipinski definition) is 1. The van der Waals surface area contributed by atoms with Gasteiger partial charge in [-0.25, -0.2) is 21.9 Å². The standard InChI is InChI=1S/C14H20F2N2O2S/c1-2-7-18-8-5-12(6-9-18)17-21(19,20)14-4-3-11(15)10-13(14)16/h3-4,10,12,17H,2,5-9H2,1H3. The van der Waals surface area contributed by atoms with Crippen LogP contribution in [0.25, 0.3) is 0 Å². The van der Waals surface area contributed by atoms with Crippen molar-refractivity contribution in [2.24, 2.45) is 0 Å². The van der Waals surface area contributed by atoms with Gasteiger partial charge in [-0.15, -0.1) is 0 Å². The summed E-state index contributed by atoms with van der Waals surface area (Å²) in [7, 11) is -3.95. The normalized spacial score (nSPS) is 18.0. The number of piperidine rings is 1. The van der Waals surface area contributed by atoms with Gasteiger partial charge in [-0.05, 0) is 51.0 Å². The van der Waals surface area contributed by atoms with Crippen LogP contribution < -0.4 is 4.72 Å². The first-order valence-corrected chi connectivity index (χ1v) is 8.60. The van der Waals surface area contributed by atoms with Crippen LogP contribution >= 0.6 is 0 Å². The third kappa shape index (κ3) is 4.21. The van der Waals surface area contributed by atoms with Crippen molar-refractivity contribution in [3.8, 4) is 0 Å². The number of benzene rings is 1. The molecule has 0 saturated carbocycles. The number of halogens is 2. The minimum atomic E-state index is -3.95. The van der Waals surface area contributed by atoms with E-state index in [1.165, 1.54) is 0 Å². The van der Waals surface area contributed by atoms with Crippen molar-refractivity contribution >= 4 is 10.0 Å². The molecule has 1 N–H and O–H groups in total. The second-order valence-corrected chi connectivity index (χ2v) is 6.99. The summed E-state index contributed by atoms with van der Waals surface area (Å²) < 4.78 is 53.3. The molecule has 118 valence electrons. The van der Waals surface area contributed by atoms with Crippen molar-refractivity contribution in [3.05, 3.63) is 29.8 Å². The molecule has 1 aromatic rings. The zero-order valence-electron chi connectivity index (χ0n) is 12.0. The van der Waals surface area contributed by atoms with Gasteiger partial charge in [0.25, 0.3) is 0 Å². The third-order valence-electron chi connectivity index (χ3n) is 3.63. The molecule has 1 fully saturated rings. The maximum Gasteiger partial charge on any atom is 0.243 e. The van der Waals surface area contributed by atoms with Crippen LogP contribution in [0.3, 0.4) is 0 Å². The second kappa shape index (κ2) is 6.81. The fraction of sp³-hybridized carbons (Fsp3) is 0.571. The van der Waals surface area contributed by atoms with Gasteiger partial charge < -0.3 is 4.90 Å². The summed E-state index contributed by atoms with van der Waals surface area (Å²) in [5.74, 6) is -1.86. The number of rotatable bonds is 5. The molecule has 7 heteroatoms. The van der Waals surface area contributed by atoms with Crippen molar-refractivity contribution in [1.29, 1.82) is 0 Å². The largest absolute Gasteiger partial charge is 0.303 e. The molecule has 4 nitrogen and oxygen atoms in total. The lowest BCUT2D eigenvalue weighted by molar-refractivity contribution is 0.208. The minimum Gasteiger partial charge on any atom is -0.303 e. The molecular weight excluding hydrogens is 298 g/mol. The number of sulfonamides is 1. The summed E-state index contributed by atoms with van der Waals surface area (Å²) in [5, 5.41) is 0. The summed E-state index contributed by atoms with van der Waals surface area (Å²) in [5.41, 5.74) is 0. The van der Waals surface area contributed by atoms with Gasteiger partial charge in [0.1, 0.15) is 16.5 Å². The fourth-order valence-corrected chi connectivity index (χ4v) is 3.93. The molecule has 0 aliphatic carbocycles. The smallest absolute Gasteiger partial charge is 0.243 e. The molecular formula is C14H20F2N2O2S. The SMILES string of the molecule is CCCN1CCC(NS(=O)(=O)c2ccc(F)cc2F)CC1. The summed E-state index contributed by atoms with van der Waals surface area (Å²) >= 11 is 0. The molecule has 0 bridgehead atoms. The van der Waals surface area contributed by atoms with Crippen LogP contribution in [0.15, 0.2) is 23.1 Å². The van der Waals surface area contributed by atoms with E-state index in [1.54, 1.807) is 0 Å². The second-order valence-electron chi connectivity index (χ2n) is 5.31. The van der Waals surface area contributed by atoms with Crippen LogP contribution in [0.2, 0.25) is 0 Å². The third-order valence-corrected chi connectivity index (χ3v) is 5.19. The Morgan fingerprint density at radius 1 is 1.29 bits per heavy atom. The van der Waals surface area contributed by atoms with Crippen LogP contribution in [0.1, 0.15) is 26.2 Å². The Kier molecular flexibility index (Phi) is 5.29. The Balaban J connectivity index is 2.02. The quantitative estimate of drug-likeness (QED) is 0.905. The van der Waals surface area contributed by atoms with Crippen LogP contribution in [0.5, 0.6) is 0 Å². The molecule has 2 rings (SSSR count). The molecule has 0 unspecified atom stereocenters. The highest BCUT2D eigenvalue weighted by Crippen LogP contribution is 2.18. The molecule has 0 atom stereocenters. The van der Waals surface area contributed by atoms with Crippen molar-refractivity contribution in [1.82, 2.24) is 9.62 Å². The Labute approximate surface area is 124 Å². The zero-order valence-corrected chi connectivity index (χ0v) is 12.8.